The van der Waals surface area contributed by atoms with E-state index in [1.54, 1.807) is 37.3 Å². The Morgan fingerprint density at radius 2 is 1.90 bits per heavy atom. The number of nitrogens with zero attached hydrogens (tertiary/aromatic N) is 2. The third-order valence-electron chi connectivity index (χ3n) is 4.77. The van der Waals surface area contributed by atoms with Crippen molar-refractivity contribution in [1.29, 1.82) is 0 Å². The Kier molecular flexibility index (Phi) is 6.90. The van der Waals surface area contributed by atoms with E-state index in [4.69, 9.17) is 14.2 Å². The van der Waals surface area contributed by atoms with Gasteiger partial charge in [0.15, 0.2) is 0 Å². The molecular weight excluding hydrogens is 386 g/mol. The first-order valence-electron chi connectivity index (χ1n) is 9.63. The van der Waals surface area contributed by atoms with E-state index in [0.717, 1.165) is 11.4 Å². The molecule has 158 valence electrons. The van der Waals surface area contributed by atoms with Crippen molar-refractivity contribution in [1.82, 2.24) is 5.43 Å². The van der Waals surface area contributed by atoms with Crippen molar-refractivity contribution in [3.05, 3.63) is 48.0 Å². The summed E-state index contributed by atoms with van der Waals surface area (Å²) in [6, 6.07) is 12.5. The molecular formula is C22H25N3O5. The molecule has 0 radical (unpaired) electrons. The molecule has 2 amide bonds. The maximum atomic E-state index is 12.5. The minimum Gasteiger partial charge on any atom is -0.497 e. The number of anilines is 1. The monoisotopic (exact) mass is 411 g/mol. The zero-order valence-electron chi connectivity index (χ0n) is 17.3. The maximum Gasteiger partial charge on any atom is 0.245 e. The summed E-state index contributed by atoms with van der Waals surface area (Å²) in [4.78, 5) is 26.5. The van der Waals surface area contributed by atoms with E-state index in [2.05, 4.69) is 10.5 Å². The van der Waals surface area contributed by atoms with Crippen molar-refractivity contribution in [2.45, 2.75) is 13.3 Å². The van der Waals surface area contributed by atoms with Crippen molar-refractivity contribution in [2.24, 2.45) is 11.0 Å². The lowest BCUT2D eigenvalue weighted by molar-refractivity contribution is -0.126. The van der Waals surface area contributed by atoms with E-state index in [9.17, 15) is 9.59 Å². The van der Waals surface area contributed by atoms with Gasteiger partial charge in [-0.3, -0.25) is 9.59 Å². The van der Waals surface area contributed by atoms with Gasteiger partial charge < -0.3 is 19.1 Å². The van der Waals surface area contributed by atoms with Crippen molar-refractivity contribution in [2.75, 3.05) is 32.3 Å². The first-order chi connectivity index (χ1) is 14.5. The molecule has 8 nitrogen and oxygen atoms in total. The largest absolute Gasteiger partial charge is 0.497 e. The van der Waals surface area contributed by atoms with Gasteiger partial charge in [-0.1, -0.05) is 0 Å². The van der Waals surface area contributed by atoms with Crippen LogP contribution in [0.3, 0.4) is 0 Å². The molecule has 3 rings (SSSR count). The predicted molar refractivity (Wildman–Crippen MR) is 113 cm³/mol. The third-order valence-corrected chi connectivity index (χ3v) is 4.77. The Morgan fingerprint density at radius 3 is 2.57 bits per heavy atom. The van der Waals surface area contributed by atoms with Crippen LogP contribution >= 0.6 is 0 Å². The van der Waals surface area contributed by atoms with E-state index < -0.39 is 5.92 Å². The molecule has 30 heavy (non-hydrogen) atoms. The summed E-state index contributed by atoms with van der Waals surface area (Å²) in [5.74, 6) is 1.10. The predicted octanol–water partition coefficient (Wildman–Crippen LogP) is 2.61. The second kappa shape index (κ2) is 9.78. The molecule has 0 unspecified atom stereocenters. The molecule has 2 aromatic carbocycles. The van der Waals surface area contributed by atoms with Gasteiger partial charge in [0.25, 0.3) is 0 Å². The molecule has 8 heteroatoms. The Labute approximate surface area is 175 Å². The summed E-state index contributed by atoms with van der Waals surface area (Å²) < 4.78 is 15.9. The summed E-state index contributed by atoms with van der Waals surface area (Å²) in [6.07, 6.45) is 1.64. The second-order valence-corrected chi connectivity index (χ2v) is 6.67. The minimum atomic E-state index is -0.473. The van der Waals surface area contributed by atoms with Gasteiger partial charge in [0.2, 0.25) is 11.8 Å². The van der Waals surface area contributed by atoms with Crippen molar-refractivity contribution >= 4 is 23.7 Å². The van der Waals surface area contributed by atoms with Crippen LogP contribution in [0.2, 0.25) is 0 Å². The summed E-state index contributed by atoms with van der Waals surface area (Å²) in [5, 5.41) is 4.01. The van der Waals surface area contributed by atoms with Crippen LogP contribution < -0.4 is 24.5 Å². The molecule has 1 N–H and O–H groups in total. The van der Waals surface area contributed by atoms with Gasteiger partial charge in [0.05, 0.1) is 33.0 Å². The highest BCUT2D eigenvalue weighted by Gasteiger charge is 2.35. The number of hydrogen-bond donors (Lipinski definition) is 1. The number of rotatable bonds is 8. The number of ether oxygens (including phenoxy) is 3. The Morgan fingerprint density at radius 1 is 1.17 bits per heavy atom. The topological polar surface area (TPSA) is 89.5 Å². The number of hydrogen-bond acceptors (Lipinski definition) is 6. The van der Waals surface area contributed by atoms with Crippen molar-refractivity contribution in [3.8, 4) is 17.2 Å². The fraction of sp³-hybridized carbons (Fsp3) is 0.318. The minimum absolute atomic E-state index is 0.0971. The fourth-order valence-electron chi connectivity index (χ4n) is 3.20. The molecule has 1 aliphatic heterocycles. The van der Waals surface area contributed by atoms with E-state index in [1.807, 2.05) is 31.2 Å². The lowest BCUT2D eigenvalue weighted by Crippen LogP contribution is -2.30. The molecule has 1 saturated heterocycles. The van der Waals surface area contributed by atoms with E-state index >= 15 is 0 Å². The van der Waals surface area contributed by atoms with E-state index in [1.165, 1.54) is 6.21 Å². The number of methoxy groups -OCH3 is 2. The maximum absolute atomic E-state index is 12.5. The smallest absolute Gasteiger partial charge is 0.245 e. The van der Waals surface area contributed by atoms with Gasteiger partial charge in [-0.25, -0.2) is 5.43 Å². The molecule has 0 spiro atoms. The number of amides is 2. The van der Waals surface area contributed by atoms with Crippen LogP contribution in [-0.2, 0) is 9.59 Å². The molecule has 0 saturated carbocycles. The molecule has 0 bridgehead atoms. The van der Waals surface area contributed by atoms with Crippen LogP contribution in [0.4, 0.5) is 5.69 Å². The summed E-state index contributed by atoms with van der Waals surface area (Å²) in [5.41, 5.74) is 3.95. The average molecular weight is 411 g/mol. The molecule has 2 aromatic rings. The average Bonchev–Trinajstić information content (AvgIpc) is 3.16. The SMILES string of the molecule is CCOc1ccc(N2C[C@@H](C(=O)N/N=C\c3ccc(OC)cc3OC)CC2=O)cc1. The molecule has 1 aliphatic rings. The van der Waals surface area contributed by atoms with Gasteiger partial charge in [0.1, 0.15) is 17.2 Å². The Hall–Kier alpha value is -3.55. The van der Waals surface area contributed by atoms with Gasteiger partial charge in [-0.05, 0) is 43.3 Å². The van der Waals surface area contributed by atoms with Crippen molar-refractivity contribution in [3.63, 3.8) is 0 Å². The number of hydrazone groups is 1. The highest BCUT2D eigenvalue weighted by molar-refractivity contribution is 6.00. The van der Waals surface area contributed by atoms with Crippen LogP contribution in [0, 0.1) is 5.92 Å². The Bertz CT molecular complexity index is 927. The highest BCUT2D eigenvalue weighted by atomic mass is 16.5. The number of benzene rings is 2. The van der Waals surface area contributed by atoms with Gasteiger partial charge in [-0.15, -0.1) is 0 Å². The normalized spacial score (nSPS) is 16.0. The van der Waals surface area contributed by atoms with Crippen molar-refractivity contribution < 1.29 is 23.8 Å². The van der Waals surface area contributed by atoms with E-state index in [-0.39, 0.29) is 18.2 Å². The van der Waals surface area contributed by atoms with Crippen LogP contribution in [0.1, 0.15) is 18.9 Å². The fourth-order valence-corrected chi connectivity index (χ4v) is 3.20. The summed E-state index contributed by atoms with van der Waals surface area (Å²) in [6.45, 7) is 2.79. The van der Waals surface area contributed by atoms with Gasteiger partial charge in [0, 0.05) is 30.3 Å². The highest BCUT2D eigenvalue weighted by Crippen LogP contribution is 2.27. The van der Waals surface area contributed by atoms with Crippen LogP contribution in [-0.4, -0.2) is 45.4 Å². The standard InChI is InChI=1S/C22H25N3O5/c1-4-30-18-9-6-17(7-10-18)25-14-16(11-21(25)26)22(27)24-23-13-15-5-8-19(28-2)12-20(15)29-3/h5-10,12-13,16H,4,11,14H2,1-3H3,(H,24,27)/b23-13-/t16-/m0/s1. The lowest BCUT2D eigenvalue weighted by Gasteiger charge is -2.17. The van der Waals surface area contributed by atoms with Crippen LogP contribution in [0.15, 0.2) is 47.6 Å². The van der Waals surface area contributed by atoms with Crippen LogP contribution in [0.25, 0.3) is 0 Å². The van der Waals surface area contributed by atoms with Crippen LogP contribution in [0.5, 0.6) is 17.2 Å². The zero-order valence-corrected chi connectivity index (χ0v) is 17.3. The second-order valence-electron chi connectivity index (χ2n) is 6.67. The molecule has 1 atom stereocenters. The Balaban J connectivity index is 1.60. The first kappa shape index (κ1) is 21.2. The third kappa shape index (κ3) is 4.89. The van der Waals surface area contributed by atoms with Gasteiger partial charge >= 0.3 is 0 Å². The summed E-state index contributed by atoms with van der Waals surface area (Å²) in [7, 11) is 3.12. The molecule has 1 heterocycles. The zero-order chi connectivity index (χ0) is 21.5. The lowest BCUT2D eigenvalue weighted by atomic mass is 10.1. The molecule has 1 fully saturated rings. The number of carbonyl (C=O) groups is 2. The quantitative estimate of drug-likeness (QED) is 0.533. The van der Waals surface area contributed by atoms with Gasteiger partial charge in [-0.2, -0.15) is 5.10 Å². The molecule has 0 aromatic heterocycles. The number of nitrogens with one attached hydrogen (secondary N) is 1. The summed E-state index contributed by atoms with van der Waals surface area (Å²) >= 11 is 0. The molecule has 0 aliphatic carbocycles. The number of carbonyl (C=O) groups excluding carboxylic acids is 2. The first-order valence-corrected chi connectivity index (χ1v) is 9.63. The van der Waals surface area contributed by atoms with E-state index in [0.29, 0.717) is 30.2 Å².